The van der Waals surface area contributed by atoms with Crippen molar-refractivity contribution in [2.75, 3.05) is 25.0 Å². The molecule has 7 heteroatoms. The summed E-state index contributed by atoms with van der Waals surface area (Å²) in [5, 5.41) is 5.91. The molecule has 2 aliphatic heterocycles. The maximum absolute atomic E-state index is 13.7. The van der Waals surface area contributed by atoms with Crippen molar-refractivity contribution < 1.29 is 14.0 Å². The number of carbonyl (C=O) groups is 2. The lowest BCUT2D eigenvalue weighted by molar-refractivity contribution is -0.117. The molecule has 0 saturated carbocycles. The predicted octanol–water partition coefficient (Wildman–Crippen LogP) is 3.26. The van der Waals surface area contributed by atoms with E-state index in [0.29, 0.717) is 35.8 Å². The van der Waals surface area contributed by atoms with Crippen molar-refractivity contribution in [1.82, 2.24) is 15.2 Å². The average Bonchev–Trinajstić information content (AvgIpc) is 3.37. The molecule has 1 saturated heterocycles. The number of aryl methyl sites for hydroxylation is 1. The molecule has 0 aliphatic carbocycles. The largest absolute Gasteiger partial charge is 0.362 e. The highest BCUT2D eigenvalue weighted by Gasteiger charge is 2.33. The molecule has 2 aliphatic rings. The van der Waals surface area contributed by atoms with Gasteiger partial charge in [-0.1, -0.05) is 6.92 Å². The average molecular weight is 413 g/mol. The van der Waals surface area contributed by atoms with Crippen LogP contribution in [-0.4, -0.2) is 47.4 Å². The summed E-state index contributed by atoms with van der Waals surface area (Å²) in [5.41, 5.74) is 4.44. The number of aromatic nitrogens is 1. The van der Waals surface area contributed by atoms with E-state index in [0.717, 1.165) is 36.5 Å². The van der Waals surface area contributed by atoms with E-state index in [1.165, 1.54) is 18.6 Å². The molecule has 2 aromatic rings. The minimum atomic E-state index is -0.472. The molecular weight excluding hydrogens is 383 g/mol. The molecule has 2 unspecified atom stereocenters. The highest BCUT2D eigenvalue weighted by atomic mass is 19.1. The summed E-state index contributed by atoms with van der Waals surface area (Å²) >= 11 is 0. The summed E-state index contributed by atoms with van der Waals surface area (Å²) in [4.78, 5) is 31.1. The van der Waals surface area contributed by atoms with Gasteiger partial charge in [-0.15, -0.1) is 0 Å². The van der Waals surface area contributed by atoms with Crippen molar-refractivity contribution in [1.29, 1.82) is 0 Å². The molecule has 2 atom stereocenters. The van der Waals surface area contributed by atoms with Gasteiger partial charge in [0, 0.05) is 36.1 Å². The first kappa shape index (κ1) is 20.6. The van der Waals surface area contributed by atoms with Crippen LogP contribution in [0.15, 0.2) is 18.2 Å². The summed E-state index contributed by atoms with van der Waals surface area (Å²) in [5.74, 6) is -1.06. The summed E-state index contributed by atoms with van der Waals surface area (Å²) < 4.78 is 13.7. The first-order chi connectivity index (χ1) is 14.4. The number of carbonyl (C=O) groups excluding carboxylic acids is 2. The minimum absolute atomic E-state index is 0.0854. The Labute approximate surface area is 176 Å². The Kier molecular flexibility index (Phi) is 5.64. The van der Waals surface area contributed by atoms with Crippen LogP contribution in [0.3, 0.4) is 0 Å². The van der Waals surface area contributed by atoms with Crippen LogP contribution in [0.1, 0.15) is 58.6 Å². The zero-order valence-corrected chi connectivity index (χ0v) is 17.8. The topological polar surface area (TPSA) is 77.2 Å². The molecule has 0 spiro atoms. The Hall–Kier alpha value is -2.67. The number of hydrogen-bond donors (Lipinski definition) is 3. The number of hydrogen-bond acceptors (Lipinski definition) is 3. The smallest absolute Gasteiger partial charge is 0.253 e. The second-order valence-corrected chi connectivity index (χ2v) is 8.34. The van der Waals surface area contributed by atoms with Gasteiger partial charge in [-0.3, -0.25) is 14.5 Å². The number of halogens is 1. The van der Waals surface area contributed by atoms with Gasteiger partial charge in [0.15, 0.2) is 0 Å². The third-order valence-corrected chi connectivity index (χ3v) is 6.54. The Morgan fingerprint density at radius 1 is 1.33 bits per heavy atom. The standard InChI is InChI=1S/C23H29FN4O2/c1-4-28-9-5-6-16(28)12-25-23(30)21-13(2)20(26-14(21)3)11-18-17-10-15(24)7-8-19(17)27-22(18)29/h7-8,10,16,18,26H,4-6,9,11-12H2,1-3H3,(H,25,30)(H,27,29). The third-order valence-electron chi connectivity index (χ3n) is 6.54. The van der Waals surface area contributed by atoms with Crippen molar-refractivity contribution in [2.24, 2.45) is 0 Å². The summed E-state index contributed by atoms with van der Waals surface area (Å²) in [6.07, 6.45) is 2.68. The highest BCUT2D eigenvalue weighted by molar-refractivity contribution is 6.03. The Bertz CT molecular complexity index is 984. The first-order valence-electron chi connectivity index (χ1n) is 10.7. The Morgan fingerprint density at radius 3 is 2.90 bits per heavy atom. The fraction of sp³-hybridized carbons (Fsp3) is 0.478. The molecule has 1 aromatic carbocycles. The van der Waals surface area contributed by atoms with E-state index < -0.39 is 5.92 Å². The minimum Gasteiger partial charge on any atom is -0.362 e. The third kappa shape index (κ3) is 3.74. The summed E-state index contributed by atoms with van der Waals surface area (Å²) in [6, 6.07) is 4.75. The SMILES string of the molecule is CCN1CCCC1CNC(=O)c1c(C)[nH]c(CC2C(=O)Nc3ccc(F)cc32)c1C. The van der Waals surface area contributed by atoms with E-state index in [-0.39, 0.29) is 17.6 Å². The number of aromatic amines is 1. The molecule has 1 aromatic heterocycles. The molecule has 3 heterocycles. The van der Waals surface area contributed by atoms with Gasteiger partial charge >= 0.3 is 0 Å². The van der Waals surface area contributed by atoms with Crippen molar-refractivity contribution in [3.63, 3.8) is 0 Å². The van der Waals surface area contributed by atoms with E-state index in [1.54, 1.807) is 6.07 Å². The second kappa shape index (κ2) is 8.22. The lowest BCUT2D eigenvalue weighted by Crippen LogP contribution is -2.40. The van der Waals surface area contributed by atoms with Gasteiger partial charge in [0.05, 0.1) is 11.5 Å². The van der Waals surface area contributed by atoms with Crippen molar-refractivity contribution in [3.8, 4) is 0 Å². The van der Waals surface area contributed by atoms with Crippen LogP contribution < -0.4 is 10.6 Å². The first-order valence-corrected chi connectivity index (χ1v) is 10.7. The number of nitrogens with one attached hydrogen (secondary N) is 3. The molecule has 0 radical (unpaired) electrons. The maximum atomic E-state index is 13.7. The van der Waals surface area contributed by atoms with E-state index in [4.69, 9.17) is 0 Å². The number of rotatable bonds is 6. The number of nitrogens with zero attached hydrogens (tertiary/aromatic N) is 1. The van der Waals surface area contributed by atoms with Gasteiger partial charge in [-0.2, -0.15) is 0 Å². The van der Waals surface area contributed by atoms with Crippen LogP contribution >= 0.6 is 0 Å². The second-order valence-electron chi connectivity index (χ2n) is 8.34. The van der Waals surface area contributed by atoms with Gasteiger partial charge in [0.1, 0.15) is 5.82 Å². The fourth-order valence-corrected chi connectivity index (χ4v) is 4.90. The Balaban J connectivity index is 1.49. The number of H-pyrrole nitrogens is 1. The van der Waals surface area contributed by atoms with Crippen molar-refractivity contribution in [3.05, 3.63) is 52.1 Å². The number of anilines is 1. The monoisotopic (exact) mass is 412 g/mol. The zero-order chi connectivity index (χ0) is 21.4. The fourth-order valence-electron chi connectivity index (χ4n) is 4.90. The summed E-state index contributed by atoms with van der Waals surface area (Å²) in [7, 11) is 0. The van der Waals surface area contributed by atoms with Gasteiger partial charge in [-0.05, 0) is 69.1 Å². The van der Waals surface area contributed by atoms with Gasteiger partial charge < -0.3 is 15.6 Å². The van der Waals surface area contributed by atoms with Crippen LogP contribution in [0.5, 0.6) is 0 Å². The number of likely N-dealkylation sites (tertiary alicyclic amines) is 1. The number of benzene rings is 1. The molecule has 6 nitrogen and oxygen atoms in total. The molecule has 30 heavy (non-hydrogen) atoms. The van der Waals surface area contributed by atoms with Gasteiger partial charge in [0.2, 0.25) is 5.91 Å². The van der Waals surface area contributed by atoms with Gasteiger partial charge in [0.25, 0.3) is 5.91 Å². The number of fused-ring (bicyclic) bond motifs is 1. The van der Waals surface area contributed by atoms with Gasteiger partial charge in [-0.25, -0.2) is 4.39 Å². The van der Waals surface area contributed by atoms with Crippen molar-refractivity contribution in [2.45, 2.75) is 52.0 Å². The summed E-state index contributed by atoms with van der Waals surface area (Å²) in [6.45, 7) is 8.66. The van der Waals surface area contributed by atoms with Crippen molar-refractivity contribution >= 4 is 17.5 Å². The van der Waals surface area contributed by atoms with Crippen LogP contribution in [-0.2, 0) is 11.2 Å². The van der Waals surface area contributed by atoms with Crippen LogP contribution in [0.25, 0.3) is 0 Å². The molecule has 1 fully saturated rings. The van der Waals surface area contributed by atoms with Crippen LogP contribution in [0.2, 0.25) is 0 Å². The number of likely N-dealkylation sites (N-methyl/N-ethyl adjacent to an activating group) is 1. The van der Waals surface area contributed by atoms with E-state index in [2.05, 4.69) is 27.4 Å². The quantitative estimate of drug-likeness (QED) is 0.682. The molecule has 3 N–H and O–H groups in total. The van der Waals surface area contributed by atoms with E-state index in [9.17, 15) is 14.0 Å². The molecule has 0 bridgehead atoms. The van der Waals surface area contributed by atoms with E-state index in [1.807, 2.05) is 13.8 Å². The van der Waals surface area contributed by atoms with E-state index >= 15 is 0 Å². The molecule has 4 rings (SSSR count). The predicted molar refractivity (Wildman–Crippen MR) is 114 cm³/mol. The maximum Gasteiger partial charge on any atom is 0.253 e. The number of amides is 2. The zero-order valence-electron chi connectivity index (χ0n) is 17.8. The molecular formula is C23H29FN4O2. The molecule has 2 amide bonds. The lowest BCUT2D eigenvalue weighted by atomic mass is 9.94. The van der Waals surface area contributed by atoms with Crippen LogP contribution in [0, 0.1) is 19.7 Å². The lowest BCUT2D eigenvalue weighted by Gasteiger charge is -2.23. The van der Waals surface area contributed by atoms with Crippen LogP contribution in [0.4, 0.5) is 10.1 Å². The normalized spacial score (nSPS) is 21.0. The highest BCUT2D eigenvalue weighted by Crippen LogP contribution is 2.36. The molecule has 160 valence electrons. The Morgan fingerprint density at radius 2 is 2.13 bits per heavy atom.